The van der Waals surface area contributed by atoms with Gasteiger partial charge >= 0.3 is 18.2 Å². The molecule has 0 spiro atoms. The Morgan fingerprint density at radius 3 is 2.00 bits per heavy atom. The molecule has 0 bridgehead atoms. The van der Waals surface area contributed by atoms with Crippen molar-refractivity contribution in [2.24, 2.45) is 0 Å². The molecule has 0 saturated carbocycles. The van der Waals surface area contributed by atoms with Gasteiger partial charge in [0.25, 0.3) is 0 Å². The third-order valence-corrected chi connectivity index (χ3v) is 3.37. The van der Waals surface area contributed by atoms with Gasteiger partial charge in [0.15, 0.2) is 0 Å². The molecule has 0 unspecified atom stereocenters. The quantitative estimate of drug-likeness (QED) is 0.609. The van der Waals surface area contributed by atoms with Crippen LogP contribution in [0.15, 0.2) is 0 Å². The van der Waals surface area contributed by atoms with Gasteiger partial charge in [-0.25, -0.2) is 14.4 Å². The predicted molar refractivity (Wildman–Crippen MR) is 77.3 cm³/mol. The van der Waals surface area contributed by atoms with Gasteiger partial charge in [-0.2, -0.15) is 0 Å². The van der Waals surface area contributed by atoms with E-state index in [0.717, 1.165) is 0 Å². The van der Waals surface area contributed by atoms with Crippen LogP contribution in [0.3, 0.4) is 0 Å². The zero-order valence-corrected chi connectivity index (χ0v) is 13.7. The number of alkyl carbamates (subject to hydrolysis) is 1. The van der Waals surface area contributed by atoms with Gasteiger partial charge in [0.05, 0.1) is 14.2 Å². The Morgan fingerprint density at radius 2 is 1.59 bits per heavy atom. The summed E-state index contributed by atoms with van der Waals surface area (Å²) in [7, 11) is 2.47. The van der Waals surface area contributed by atoms with Crippen LogP contribution in [0.2, 0.25) is 0 Å². The largest absolute Gasteiger partial charge is 0.467 e. The number of amides is 2. The van der Waals surface area contributed by atoms with Gasteiger partial charge in [0.2, 0.25) is 0 Å². The lowest BCUT2D eigenvalue weighted by molar-refractivity contribution is -0.150. The molecule has 1 saturated heterocycles. The van der Waals surface area contributed by atoms with Crippen molar-refractivity contribution < 1.29 is 28.6 Å². The van der Waals surface area contributed by atoms with Gasteiger partial charge < -0.3 is 24.4 Å². The molecule has 0 aromatic heterocycles. The summed E-state index contributed by atoms with van der Waals surface area (Å²) in [5.41, 5.74) is -1.77. The van der Waals surface area contributed by atoms with E-state index >= 15 is 0 Å². The summed E-state index contributed by atoms with van der Waals surface area (Å²) in [6.45, 7) is 5.90. The molecule has 126 valence electrons. The third-order valence-electron chi connectivity index (χ3n) is 3.37. The molecule has 1 aliphatic heterocycles. The fraction of sp³-hybridized carbons (Fsp3) is 0.786. The van der Waals surface area contributed by atoms with Crippen molar-refractivity contribution in [2.75, 3.05) is 27.3 Å². The minimum atomic E-state index is -1.18. The second-order valence-corrected chi connectivity index (χ2v) is 6.16. The van der Waals surface area contributed by atoms with Gasteiger partial charge in [-0.15, -0.1) is 0 Å². The SMILES string of the molecule is COC(=O)NC1(C(=O)OC)CCN(C(=O)OC(C)(C)C)CC1. The first-order chi connectivity index (χ1) is 10.1. The highest BCUT2D eigenvalue weighted by atomic mass is 16.6. The van der Waals surface area contributed by atoms with Gasteiger partial charge in [0.1, 0.15) is 11.1 Å². The molecule has 8 nitrogen and oxygen atoms in total. The molecule has 1 fully saturated rings. The minimum absolute atomic E-state index is 0.230. The lowest BCUT2D eigenvalue weighted by Gasteiger charge is -2.39. The molecule has 2 amide bonds. The molecular weight excluding hydrogens is 292 g/mol. The number of carbonyl (C=O) groups excluding carboxylic acids is 3. The molecule has 0 aliphatic carbocycles. The van der Waals surface area contributed by atoms with Crippen LogP contribution in [0, 0.1) is 0 Å². The molecule has 1 rings (SSSR count). The minimum Gasteiger partial charge on any atom is -0.467 e. The Kier molecular flexibility index (Phi) is 5.62. The molecule has 8 heteroatoms. The Morgan fingerprint density at radius 1 is 1.05 bits per heavy atom. The number of ether oxygens (including phenoxy) is 3. The fourth-order valence-corrected chi connectivity index (χ4v) is 2.22. The normalized spacial score (nSPS) is 17.4. The number of hydrogen-bond donors (Lipinski definition) is 1. The van der Waals surface area contributed by atoms with Crippen molar-refractivity contribution >= 4 is 18.2 Å². The Bertz CT molecular complexity index is 435. The number of nitrogens with zero attached hydrogens (tertiary/aromatic N) is 1. The van der Waals surface area contributed by atoms with Crippen molar-refractivity contribution in [2.45, 2.75) is 44.8 Å². The Labute approximate surface area is 130 Å². The lowest BCUT2D eigenvalue weighted by Crippen LogP contribution is -2.61. The molecule has 0 radical (unpaired) electrons. The van der Waals surface area contributed by atoms with Gasteiger partial charge in [-0.1, -0.05) is 0 Å². The smallest absolute Gasteiger partial charge is 0.410 e. The van der Waals surface area contributed by atoms with Crippen LogP contribution >= 0.6 is 0 Å². The summed E-state index contributed by atoms with van der Waals surface area (Å²) in [4.78, 5) is 37.0. The van der Waals surface area contributed by atoms with Crippen molar-refractivity contribution in [1.29, 1.82) is 0 Å². The summed E-state index contributed by atoms with van der Waals surface area (Å²) in [6, 6.07) is 0. The number of hydrogen-bond acceptors (Lipinski definition) is 6. The summed E-state index contributed by atoms with van der Waals surface area (Å²) in [6.07, 6.45) is -0.692. The summed E-state index contributed by atoms with van der Waals surface area (Å²) < 4.78 is 14.6. The Hall–Kier alpha value is -1.99. The number of methoxy groups -OCH3 is 2. The van der Waals surface area contributed by atoms with Crippen LogP contribution in [0.5, 0.6) is 0 Å². The highest BCUT2D eigenvalue weighted by molar-refractivity contribution is 5.86. The van der Waals surface area contributed by atoms with E-state index in [1.54, 1.807) is 20.8 Å². The van der Waals surface area contributed by atoms with Gasteiger partial charge in [-0.05, 0) is 33.6 Å². The van der Waals surface area contributed by atoms with Crippen molar-refractivity contribution in [3.05, 3.63) is 0 Å². The molecular formula is C14H24N2O6. The first-order valence-corrected chi connectivity index (χ1v) is 7.06. The molecule has 22 heavy (non-hydrogen) atoms. The van der Waals surface area contributed by atoms with E-state index in [4.69, 9.17) is 9.47 Å². The number of nitrogens with one attached hydrogen (secondary N) is 1. The molecule has 1 N–H and O–H groups in total. The van der Waals surface area contributed by atoms with Crippen LogP contribution in [0.1, 0.15) is 33.6 Å². The average Bonchev–Trinajstić information content (AvgIpc) is 2.45. The second-order valence-electron chi connectivity index (χ2n) is 6.16. The fourth-order valence-electron chi connectivity index (χ4n) is 2.22. The first kappa shape index (κ1) is 18.1. The number of rotatable bonds is 2. The summed E-state index contributed by atoms with van der Waals surface area (Å²) in [5.74, 6) is -0.554. The summed E-state index contributed by atoms with van der Waals surface area (Å²) in [5, 5.41) is 2.53. The topological polar surface area (TPSA) is 94.2 Å². The van der Waals surface area contributed by atoms with Crippen LogP contribution in [0.4, 0.5) is 9.59 Å². The second kappa shape index (κ2) is 6.85. The molecule has 1 heterocycles. The average molecular weight is 316 g/mol. The number of piperidine rings is 1. The number of esters is 1. The molecule has 0 aromatic rings. The lowest BCUT2D eigenvalue weighted by atomic mass is 9.87. The van der Waals surface area contributed by atoms with E-state index < -0.39 is 29.3 Å². The van der Waals surface area contributed by atoms with Crippen molar-refractivity contribution in [3.63, 3.8) is 0 Å². The zero-order valence-electron chi connectivity index (χ0n) is 13.7. The Balaban J connectivity index is 2.74. The summed E-state index contributed by atoms with van der Waals surface area (Å²) >= 11 is 0. The van der Waals surface area contributed by atoms with E-state index in [0.29, 0.717) is 0 Å². The van der Waals surface area contributed by atoms with Crippen LogP contribution in [-0.2, 0) is 19.0 Å². The molecule has 0 aromatic carbocycles. The predicted octanol–water partition coefficient (Wildman–Crippen LogP) is 1.29. The first-order valence-electron chi connectivity index (χ1n) is 7.06. The van der Waals surface area contributed by atoms with E-state index in [1.165, 1.54) is 19.1 Å². The highest BCUT2D eigenvalue weighted by Gasteiger charge is 2.45. The maximum atomic E-state index is 12.0. The van der Waals surface area contributed by atoms with Gasteiger partial charge in [-0.3, -0.25) is 0 Å². The molecule has 1 aliphatic rings. The van der Waals surface area contributed by atoms with Crippen molar-refractivity contribution in [3.8, 4) is 0 Å². The van der Waals surface area contributed by atoms with Crippen LogP contribution in [0.25, 0.3) is 0 Å². The maximum Gasteiger partial charge on any atom is 0.410 e. The van der Waals surface area contributed by atoms with E-state index in [1.807, 2.05) is 0 Å². The third kappa shape index (κ3) is 4.51. The van der Waals surface area contributed by atoms with Crippen LogP contribution in [-0.4, -0.2) is 61.5 Å². The van der Waals surface area contributed by atoms with E-state index in [2.05, 4.69) is 10.1 Å². The molecule has 0 atom stereocenters. The van der Waals surface area contributed by atoms with Crippen molar-refractivity contribution in [1.82, 2.24) is 10.2 Å². The van der Waals surface area contributed by atoms with E-state index in [-0.39, 0.29) is 25.9 Å². The van der Waals surface area contributed by atoms with Gasteiger partial charge in [0, 0.05) is 13.1 Å². The zero-order chi connectivity index (χ0) is 17.0. The van der Waals surface area contributed by atoms with Crippen LogP contribution < -0.4 is 5.32 Å². The maximum absolute atomic E-state index is 12.0. The standard InChI is InChI=1S/C14H24N2O6/c1-13(2,3)22-12(19)16-8-6-14(7-9-16,10(17)20-4)15-11(18)21-5/h6-9H2,1-5H3,(H,15,18). The number of likely N-dealkylation sites (tertiary alicyclic amines) is 1. The number of carbonyl (C=O) groups is 3. The van der Waals surface area contributed by atoms with E-state index in [9.17, 15) is 14.4 Å². The monoisotopic (exact) mass is 316 g/mol. The highest BCUT2D eigenvalue weighted by Crippen LogP contribution is 2.25.